The van der Waals surface area contributed by atoms with E-state index in [0.29, 0.717) is 31.6 Å². The van der Waals surface area contributed by atoms with E-state index in [2.05, 4.69) is 10.2 Å². The van der Waals surface area contributed by atoms with Crippen LogP contribution in [0.2, 0.25) is 0 Å². The summed E-state index contributed by atoms with van der Waals surface area (Å²) in [5.41, 5.74) is 1.48. The van der Waals surface area contributed by atoms with Crippen LogP contribution >= 0.6 is 11.3 Å². The van der Waals surface area contributed by atoms with E-state index in [1.165, 1.54) is 16.2 Å². The van der Waals surface area contributed by atoms with Crippen LogP contribution in [0.4, 0.5) is 13.2 Å². The molecule has 3 heterocycles. The molecule has 2 aromatic heterocycles. The van der Waals surface area contributed by atoms with Gasteiger partial charge in [-0.1, -0.05) is 0 Å². The predicted molar refractivity (Wildman–Crippen MR) is 84.9 cm³/mol. The van der Waals surface area contributed by atoms with Crippen LogP contribution in [0.15, 0.2) is 23.8 Å². The Balaban J connectivity index is 1.63. The van der Waals surface area contributed by atoms with Crippen molar-refractivity contribution in [3.63, 3.8) is 0 Å². The first-order valence-corrected chi connectivity index (χ1v) is 8.46. The van der Waals surface area contributed by atoms with E-state index in [1.54, 1.807) is 28.7 Å². The Bertz CT molecular complexity index is 683. The Morgan fingerprint density at radius 1 is 1.29 bits per heavy atom. The van der Waals surface area contributed by atoms with E-state index in [9.17, 15) is 18.0 Å². The van der Waals surface area contributed by atoms with E-state index in [4.69, 9.17) is 0 Å². The number of nitrogens with zero attached hydrogens (tertiary/aromatic N) is 3. The highest BCUT2D eigenvalue weighted by Crippen LogP contribution is 2.27. The normalized spacial score (nSPS) is 17.0. The second-order valence-corrected chi connectivity index (χ2v) is 6.63. The van der Waals surface area contributed by atoms with Gasteiger partial charge in [0.05, 0.1) is 18.3 Å². The van der Waals surface area contributed by atoms with Gasteiger partial charge in [-0.25, -0.2) is 0 Å². The maximum Gasteiger partial charge on any atom is 0.401 e. The maximum atomic E-state index is 12.6. The number of nitrogens with one attached hydrogen (secondary N) is 1. The minimum Gasteiger partial charge on any atom is -0.337 e. The highest BCUT2D eigenvalue weighted by molar-refractivity contribution is 7.13. The van der Waals surface area contributed by atoms with Gasteiger partial charge in [0.1, 0.15) is 0 Å². The average Bonchev–Trinajstić information content (AvgIpc) is 3.14. The minimum absolute atomic E-state index is 0.130. The first kappa shape index (κ1) is 17.0. The molecule has 1 aliphatic heterocycles. The lowest BCUT2D eigenvalue weighted by atomic mass is 10.2. The van der Waals surface area contributed by atoms with E-state index >= 15 is 0 Å². The molecule has 0 saturated carbocycles. The van der Waals surface area contributed by atoms with Crippen LogP contribution in [0.5, 0.6) is 0 Å². The van der Waals surface area contributed by atoms with Crippen molar-refractivity contribution < 1.29 is 18.0 Å². The van der Waals surface area contributed by atoms with Crippen LogP contribution < -0.4 is 0 Å². The largest absolute Gasteiger partial charge is 0.401 e. The molecule has 0 atom stereocenters. The van der Waals surface area contributed by atoms with Crippen molar-refractivity contribution in [1.29, 1.82) is 0 Å². The Hall–Kier alpha value is -1.87. The Labute approximate surface area is 141 Å². The third-order valence-electron chi connectivity index (χ3n) is 3.91. The second-order valence-electron chi connectivity index (χ2n) is 5.72. The van der Waals surface area contributed by atoms with Gasteiger partial charge in [-0.3, -0.25) is 14.8 Å². The molecule has 1 N–H and O–H groups in total. The fourth-order valence-electron chi connectivity index (χ4n) is 2.75. The molecule has 1 aliphatic rings. The van der Waals surface area contributed by atoms with Crippen molar-refractivity contribution in [2.24, 2.45) is 0 Å². The summed E-state index contributed by atoms with van der Waals surface area (Å²) in [5, 5.41) is 8.39. The molecule has 24 heavy (non-hydrogen) atoms. The molecule has 0 radical (unpaired) electrons. The van der Waals surface area contributed by atoms with Crippen molar-refractivity contribution in [2.45, 2.75) is 12.6 Å². The van der Waals surface area contributed by atoms with E-state index < -0.39 is 12.7 Å². The number of H-pyrrole nitrogens is 1. The van der Waals surface area contributed by atoms with Gasteiger partial charge in [0.25, 0.3) is 5.91 Å². The molecule has 1 fully saturated rings. The number of carbonyl (C=O) groups is 1. The summed E-state index contributed by atoms with van der Waals surface area (Å²) < 4.78 is 37.5. The number of thiophene rings is 1. The number of aromatic amines is 1. The van der Waals surface area contributed by atoms with Crippen LogP contribution in [0.1, 0.15) is 16.8 Å². The van der Waals surface area contributed by atoms with E-state index in [0.717, 1.165) is 10.4 Å². The lowest BCUT2D eigenvalue weighted by molar-refractivity contribution is -0.145. The number of amides is 1. The maximum absolute atomic E-state index is 12.6. The van der Waals surface area contributed by atoms with Crippen molar-refractivity contribution in [3.05, 3.63) is 29.4 Å². The first-order valence-electron chi connectivity index (χ1n) is 7.58. The highest BCUT2D eigenvalue weighted by atomic mass is 32.1. The summed E-state index contributed by atoms with van der Waals surface area (Å²) >= 11 is 1.45. The fourth-order valence-corrected chi connectivity index (χ4v) is 3.62. The molecule has 0 aliphatic carbocycles. The van der Waals surface area contributed by atoms with E-state index in [1.807, 2.05) is 0 Å². The van der Waals surface area contributed by atoms with Gasteiger partial charge < -0.3 is 4.90 Å². The molecule has 1 amide bonds. The fraction of sp³-hybridized carbons (Fsp3) is 0.467. The zero-order valence-corrected chi connectivity index (χ0v) is 13.7. The molecule has 0 spiro atoms. The van der Waals surface area contributed by atoms with Crippen LogP contribution in [-0.2, 0) is 0 Å². The smallest absolute Gasteiger partial charge is 0.337 e. The summed E-state index contributed by atoms with van der Waals surface area (Å²) in [6, 6.07) is 1.80. The molecule has 9 heteroatoms. The van der Waals surface area contributed by atoms with E-state index in [-0.39, 0.29) is 12.5 Å². The molecule has 2 aromatic rings. The highest BCUT2D eigenvalue weighted by Gasteiger charge is 2.32. The Morgan fingerprint density at radius 3 is 2.83 bits per heavy atom. The number of halogens is 3. The standard InChI is InChI=1S/C15H17F3N4OS/c16-15(17,18)10-21-2-1-3-22(5-4-21)14(23)11-6-13(24-9-11)12-7-19-20-8-12/h6-9H,1-5,10H2,(H,19,20). The number of hydrogen-bond acceptors (Lipinski definition) is 4. The molecule has 5 nitrogen and oxygen atoms in total. The summed E-state index contributed by atoms with van der Waals surface area (Å²) in [6.45, 7) is 0.463. The van der Waals surface area contributed by atoms with Gasteiger partial charge in [0, 0.05) is 48.2 Å². The molecule has 0 unspecified atom stereocenters. The van der Waals surface area contributed by atoms with Gasteiger partial charge >= 0.3 is 6.18 Å². The van der Waals surface area contributed by atoms with Crippen molar-refractivity contribution in [2.75, 3.05) is 32.7 Å². The Kier molecular flexibility index (Phi) is 4.91. The van der Waals surface area contributed by atoms with Crippen LogP contribution in [-0.4, -0.2) is 64.8 Å². The number of carbonyl (C=O) groups excluding carboxylic acids is 1. The van der Waals surface area contributed by atoms with Crippen LogP contribution in [0.3, 0.4) is 0 Å². The summed E-state index contributed by atoms with van der Waals surface area (Å²) in [6.07, 6.45) is -0.228. The number of hydrogen-bond donors (Lipinski definition) is 1. The lowest BCUT2D eigenvalue weighted by Crippen LogP contribution is -2.38. The molecule has 130 valence electrons. The second kappa shape index (κ2) is 6.94. The number of rotatable bonds is 3. The quantitative estimate of drug-likeness (QED) is 0.918. The monoisotopic (exact) mass is 358 g/mol. The van der Waals surface area contributed by atoms with Gasteiger partial charge in [-0.15, -0.1) is 11.3 Å². The topological polar surface area (TPSA) is 52.2 Å². The van der Waals surface area contributed by atoms with Gasteiger partial charge in [0.15, 0.2) is 0 Å². The molecule has 0 aromatic carbocycles. The van der Waals surface area contributed by atoms with Gasteiger partial charge in [-0.2, -0.15) is 18.3 Å². The predicted octanol–water partition coefficient (Wildman–Crippen LogP) is 2.85. The number of aromatic nitrogens is 2. The van der Waals surface area contributed by atoms with Gasteiger partial charge in [0.2, 0.25) is 0 Å². The van der Waals surface area contributed by atoms with Crippen molar-refractivity contribution in [3.8, 4) is 10.4 Å². The third kappa shape index (κ3) is 4.15. The molecule has 1 saturated heterocycles. The van der Waals surface area contributed by atoms with Crippen LogP contribution in [0.25, 0.3) is 10.4 Å². The molecular formula is C15H17F3N4OS. The molecule has 0 bridgehead atoms. The minimum atomic E-state index is -4.20. The zero-order valence-electron chi connectivity index (χ0n) is 12.8. The third-order valence-corrected chi connectivity index (χ3v) is 4.89. The molecular weight excluding hydrogens is 341 g/mol. The summed E-state index contributed by atoms with van der Waals surface area (Å²) in [7, 11) is 0. The van der Waals surface area contributed by atoms with Crippen LogP contribution in [0, 0.1) is 0 Å². The van der Waals surface area contributed by atoms with Crippen molar-refractivity contribution in [1.82, 2.24) is 20.0 Å². The van der Waals surface area contributed by atoms with Crippen molar-refractivity contribution >= 4 is 17.2 Å². The zero-order chi connectivity index (χ0) is 17.2. The summed E-state index contributed by atoms with van der Waals surface area (Å²) in [4.78, 5) is 16.5. The number of alkyl halides is 3. The van der Waals surface area contributed by atoms with Gasteiger partial charge in [-0.05, 0) is 12.5 Å². The average molecular weight is 358 g/mol. The summed E-state index contributed by atoms with van der Waals surface area (Å²) in [5.74, 6) is -0.130. The Morgan fingerprint density at radius 2 is 2.12 bits per heavy atom. The molecule has 3 rings (SSSR count). The SMILES string of the molecule is O=C(c1csc(-c2cn[nH]c2)c1)N1CCCN(CC(F)(F)F)CC1. The first-order chi connectivity index (χ1) is 11.4. The lowest BCUT2D eigenvalue weighted by Gasteiger charge is -2.22.